The number of carbonyl (C=O) groups is 1. The van der Waals surface area contributed by atoms with Crippen LogP contribution in [-0.2, 0) is 4.79 Å². The highest BCUT2D eigenvalue weighted by Gasteiger charge is 2.00. The van der Waals surface area contributed by atoms with Gasteiger partial charge >= 0.3 is 0 Å². The Hall–Kier alpha value is -2.04. The van der Waals surface area contributed by atoms with Crippen molar-refractivity contribution in [2.75, 3.05) is 5.53 Å². The number of rotatable bonds is 3. The van der Waals surface area contributed by atoms with E-state index in [0.717, 1.165) is 11.0 Å². The van der Waals surface area contributed by atoms with Crippen LogP contribution in [0.25, 0.3) is 11.0 Å². The van der Waals surface area contributed by atoms with E-state index in [1.807, 2.05) is 24.3 Å². The first-order valence-electron chi connectivity index (χ1n) is 4.78. The monoisotopic (exact) mass is 204 g/mol. The molecule has 0 spiro atoms. The molecular formula is C10H12N4O. The van der Waals surface area contributed by atoms with Crippen molar-refractivity contribution in [2.24, 2.45) is 0 Å². The lowest BCUT2D eigenvalue weighted by atomic mass is 10.3. The molecular weight excluding hydrogens is 192 g/mol. The Labute approximate surface area is 87.0 Å². The molecule has 0 radical (unpaired) electrons. The number of nitrogens with zero attached hydrogens (tertiary/aromatic N) is 2. The molecule has 1 aromatic heterocycles. The van der Waals surface area contributed by atoms with Gasteiger partial charge < -0.3 is 0 Å². The van der Waals surface area contributed by atoms with Crippen molar-refractivity contribution in [1.82, 2.24) is 15.1 Å². The van der Waals surface area contributed by atoms with Crippen molar-refractivity contribution in [3.8, 4) is 0 Å². The summed E-state index contributed by atoms with van der Waals surface area (Å²) in [4.78, 5) is 15.2. The average Bonchev–Trinajstić information content (AvgIpc) is 2.69. The maximum Gasteiger partial charge on any atom is 0.239 e. The highest BCUT2D eigenvalue weighted by Crippen LogP contribution is 2.09. The normalized spacial score (nSPS) is 10.2. The lowest BCUT2D eigenvalue weighted by Gasteiger charge is -2.08. The zero-order valence-electron chi connectivity index (χ0n) is 8.40. The predicted octanol–water partition coefficient (Wildman–Crippen LogP) is 1.02. The van der Waals surface area contributed by atoms with Gasteiger partial charge in [-0.05, 0) is 12.1 Å². The van der Waals surface area contributed by atoms with E-state index in [1.165, 1.54) is 0 Å². The average molecular weight is 204 g/mol. The molecule has 78 valence electrons. The number of hydrazine groups is 1. The van der Waals surface area contributed by atoms with E-state index in [4.69, 9.17) is 0 Å². The zero-order chi connectivity index (χ0) is 10.7. The van der Waals surface area contributed by atoms with Crippen molar-refractivity contribution in [2.45, 2.75) is 13.3 Å². The van der Waals surface area contributed by atoms with Gasteiger partial charge in [-0.1, -0.05) is 19.1 Å². The molecule has 0 aliphatic rings. The molecule has 0 saturated heterocycles. The number of benzene rings is 1. The fourth-order valence-electron chi connectivity index (χ4n) is 1.26. The fraction of sp³-hybridized carbons (Fsp3) is 0.200. The molecule has 0 fully saturated rings. The topological polar surface area (TPSA) is 59.0 Å². The first-order chi connectivity index (χ1) is 7.31. The lowest BCUT2D eigenvalue weighted by Crippen LogP contribution is -2.34. The van der Waals surface area contributed by atoms with E-state index in [-0.39, 0.29) is 5.91 Å². The van der Waals surface area contributed by atoms with E-state index < -0.39 is 0 Å². The third kappa shape index (κ3) is 1.90. The van der Waals surface area contributed by atoms with E-state index in [9.17, 15) is 4.79 Å². The first kappa shape index (κ1) is 9.51. The standard InChI is InChI=1S/C10H12N4O/c1-2-10(15)12-13-14-7-11-8-5-3-4-6-9(8)14/h3-7,13H,2H2,1H3,(H,12,15). The minimum absolute atomic E-state index is 0.0622. The zero-order valence-corrected chi connectivity index (χ0v) is 8.40. The van der Waals surface area contributed by atoms with Crippen LogP contribution in [0.5, 0.6) is 0 Å². The molecule has 0 bridgehead atoms. The van der Waals surface area contributed by atoms with Crippen LogP contribution in [0.1, 0.15) is 13.3 Å². The molecule has 2 aromatic rings. The van der Waals surface area contributed by atoms with E-state index in [1.54, 1.807) is 17.9 Å². The molecule has 2 N–H and O–H groups in total. The SMILES string of the molecule is CCC(=O)NNn1cnc2ccccc21. The van der Waals surface area contributed by atoms with E-state index in [2.05, 4.69) is 15.9 Å². The number of fused-ring (bicyclic) bond motifs is 1. The number of para-hydroxylation sites is 2. The molecule has 2 rings (SSSR count). The van der Waals surface area contributed by atoms with Gasteiger partial charge in [-0.3, -0.25) is 10.2 Å². The quantitative estimate of drug-likeness (QED) is 0.734. The van der Waals surface area contributed by atoms with Gasteiger partial charge in [0.05, 0.1) is 11.0 Å². The minimum atomic E-state index is -0.0622. The van der Waals surface area contributed by atoms with Crippen LogP contribution >= 0.6 is 0 Å². The van der Waals surface area contributed by atoms with Crippen LogP contribution in [-0.4, -0.2) is 15.6 Å². The summed E-state index contributed by atoms with van der Waals surface area (Å²) in [6.45, 7) is 1.79. The van der Waals surface area contributed by atoms with Crippen molar-refractivity contribution < 1.29 is 4.79 Å². The summed E-state index contributed by atoms with van der Waals surface area (Å²) in [6.07, 6.45) is 2.07. The number of hydrogen-bond acceptors (Lipinski definition) is 3. The third-order valence-corrected chi connectivity index (χ3v) is 2.09. The summed E-state index contributed by atoms with van der Waals surface area (Å²) < 4.78 is 1.67. The lowest BCUT2D eigenvalue weighted by molar-refractivity contribution is -0.120. The molecule has 5 nitrogen and oxygen atoms in total. The number of amides is 1. The smallest absolute Gasteiger partial charge is 0.239 e. The van der Waals surface area contributed by atoms with Crippen LogP contribution in [0.4, 0.5) is 0 Å². The number of hydrogen-bond donors (Lipinski definition) is 2. The Morgan fingerprint density at radius 3 is 3.07 bits per heavy atom. The number of nitrogens with one attached hydrogen (secondary N) is 2. The fourth-order valence-corrected chi connectivity index (χ4v) is 1.26. The van der Waals surface area contributed by atoms with Gasteiger partial charge in [-0.25, -0.2) is 15.2 Å². The summed E-state index contributed by atoms with van der Waals surface area (Å²) in [6, 6.07) is 7.68. The minimum Gasteiger partial charge on any atom is -0.273 e. The number of aromatic nitrogens is 2. The van der Waals surface area contributed by atoms with Crippen molar-refractivity contribution in [3.63, 3.8) is 0 Å². The molecule has 0 aliphatic heterocycles. The maximum absolute atomic E-state index is 11.0. The maximum atomic E-state index is 11.0. The Balaban J connectivity index is 2.18. The second-order valence-electron chi connectivity index (χ2n) is 3.12. The Morgan fingerprint density at radius 1 is 1.47 bits per heavy atom. The molecule has 1 amide bonds. The Bertz CT molecular complexity index is 477. The van der Waals surface area contributed by atoms with Gasteiger partial charge in [0.15, 0.2) is 0 Å². The van der Waals surface area contributed by atoms with Gasteiger partial charge in [0.25, 0.3) is 0 Å². The van der Waals surface area contributed by atoms with Gasteiger partial charge in [0.2, 0.25) is 5.91 Å². The van der Waals surface area contributed by atoms with Gasteiger partial charge in [-0.15, -0.1) is 0 Å². The van der Waals surface area contributed by atoms with Crippen LogP contribution in [0.3, 0.4) is 0 Å². The third-order valence-electron chi connectivity index (χ3n) is 2.09. The number of carbonyl (C=O) groups excluding carboxylic acids is 1. The van der Waals surface area contributed by atoms with Crippen molar-refractivity contribution in [1.29, 1.82) is 0 Å². The Kier molecular flexibility index (Phi) is 2.53. The summed E-state index contributed by atoms with van der Waals surface area (Å²) in [5.74, 6) is -0.0622. The summed E-state index contributed by atoms with van der Waals surface area (Å²) >= 11 is 0. The highest BCUT2D eigenvalue weighted by atomic mass is 16.2. The van der Waals surface area contributed by atoms with E-state index in [0.29, 0.717) is 6.42 Å². The van der Waals surface area contributed by atoms with Crippen LogP contribution < -0.4 is 11.0 Å². The van der Waals surface area contributed by atoms with Gasteiger partial charge in [0, 0.05) is 6.42 Å². The van der Waals surface area contributed by atoms with Crippen LogP contribution in [0, 0.1) is 0 Å². The molecule has 5 heteroatoms. The molecule has 0 saturated carbocycles. The molecule has 1 aromatic carbocycles. The summed E-state index contributed by atoms with van der Waals surface area (Å²) in [5, 5.41) is 0. The highest BCUT2D eigenvalue weighted by molar-refractivity contribution is 5.77. The Morgan fingerprint density at radius 2 is 2.27 bits per heavy atom. The largest absolute Gasteiger partial charge is 0.273 e. The van der Waals surface area contributed by atoms with Gasteiger partial charge in [0.1, 0.15) is 6.33 Å². The first-order valence-corrected chi connectivity index (χ1v) is 4.78. The van der Waals surface area contributed by atoms with Crippen molar-refractivity contribution in [3.05, 3.63) is 30.6 Å². The molecule has 0 unspecified atom stereocenters. The van der Waals surface area contributed by atoms with Crippen LogP contribution in [0.2, 0.25) is 0 Å². The number of imidazole rings is 1. The molecule has 0 atom stereocenters. The second kappa shape index (κ2) is 4.00. The molecule has 15 heavy (non-hydrogen) atoms. The summed E-state index contributed by atoms with van der Waals surface area (Å²) in [7, 11) is 0. The predicted molar refractivity (Wildman–Crippen MR) is 57.5 cm³/mol. The van der Waals surface area contributed by atoms with E-state index >= 15 is 0 Å². The van der Waals surface area contributed by atoms with Crippen molar-refractivity contribution >= 4 is 16.9 Å². The molecule has 1 heterocycles. The molecule has 0 aliphatic carbocycles. The van der Waals surface area contributed by atoms with Crippen LogP contribution in [0.15, 0.2) is 30.6 Å². The van der Waals surface area contributed by atoms with Gasteiger partial charge in [-0.2, -0.15) is 0 Å². The second-order valence-corrected chi connectivity index (χ2v) is 3.12. The summed E-state index contributed by atoms with van der Waals surface area (Å²) in [5.41, 5.74) is 7.14.